The van der Waals surface area contributed by atoms with Crippen molar-refractivity contribution in [2.24, 2.45) is 0 Å². The Hall–Kier alpha value is -2.45. The van der Waals surface area contributed by atoms with Gasteiger partial charge in [0, 0.05) is 36.9 Å². The van der Waals surface area contributed by atoms with Crippen LogP contribution in [-0.4, -0.2) is 64.3 Å². The van der Waals surface area contributed by atoms with E-state index in [0.29, 0.717) is 49.2 Å². The van der Waals surface area contributed by atoms with Crippen LogP contribution in [0.15, 0.2) is 48.5 Å². The quantitative estimate of drug-likeness (QED) is 0.627. The molecule has 0 unspecified atom stereocenters. The lowest BCUT2D eigenvalue weighted by atomic mass is 10.2. The summed E-state index contributed by atoms with van der Waals surface area (Å²) in [4.78, 5) is 17.1. The lowest BCUT2D eigenvalue weighted by Crippen LogP contribution is -2.55. The van der Waals surface area contributed by atoms with Crippen LogP contribution < -0.4 is 13.9 Å². The van der Waals surface area contributed by atoms with Crippen LogP contribution in [-0.2, 0) is 14.8 Å². The highest BCUT2D eigenvalue weighted by Crippen LogP contribution is 2.26. The van der Waals surface area contributed by atoms with E-state index in [9.17, 15) is 13.2 Å². The number of piperazine rings is 1. The zero-order valence-corrected chi connectivity index (χ0v) is 19.6. The molecule has 1 saturated heterocycles. The molecule has 2 aromatic carbocycles. The molecular formula is C22H28ClN3O4S. The van der Waals surface area contributed by atoms with Gasteiger partial charge in [0.15, 0.2) is 0 Å². The molecule has 1 heterocycles. The van der Waals surface area contributed by atoms with E-state index in [1.165, 1.54) is 4.31 Å². The minimum Gasteiger partial charge on any atom is -0.494 e. The van der Waals surface area contributed by atoms with Gasteiger partial charge in [0.2, 0.25) is 15.9 Å². The fraction of sp³-hybridized carbons (Fsp3) is 0.409. The highest BCUT2D eigenvalue weighted by molar-refractivity contribution is 7.92. The molecular weight excluding hydrogens is 438 g/mol. The molecule has 0 spiro atoms. The Labute approximate surface area is 189 Å². The minimum absolute atomic E-state index is 0.218. The lowest BCUT2D eigenvalue weighted by Gasteiger charge is -2.39. The first-order valence-electron chi connectivity index (χ1n) is 10.2. The third-order valence-corrected chi connectivity index (χ3v) is 6.71. The van der Waals surface area contributed by atoms with Gasteiger partial charge in [-0.2, -0.15) is 0 Å². The summed E-state index contributed by atoms with van der Waals surface area (Å²) in [5.41, 5.74) is 1.45. The normalized spacial score (nSPS) is 15.5. The van der Waals surface area contributed by atoms with Gasteiger partial charge in [-0.25, -0.2) is 8.42 Å². The summed E-state index contributed by atoms with van der Waals surface area (Å²) < 4.78 is 31.7. The number of rotatable bonds is 7. The molecule has 0 N–H and O–H groups in total. The average molecular weight is 466 g/mol. The summed E-state index contributed by atoms with van der Waals surface area (Å²) in [6, 6.07) is 13.5. The van der Waals surface area contributed by atoms with Crippen LogP contribution in [0.25, 0.3) is 0 Å². The second kappa shape index (κ2) is 9.78. The lowest BCUT2D eigenvalue weighted by molar-refractivity contribution is -0.132. The van der Waals surface area contributed by atoms with Gasteiger partial charge < -0.3 is 14.5 Å². The number of carbonyl (C=O) groups is 1. The fourth-order valence-electron chi connectivity index (χ4n) is 3.78. The second-order valence-corrected chi connectivity index (χ2v) is 9.75. The zero-order chi connectivity index (χ0) is 22.6. The van der Waals surface area contributed by atoms with Crippen molar-refractivity contribution in [3.63, 3.8) is 0 Å². The number of amides is 1. The van der Waals surface area contributed by atoms with Gasteiger partial charge in [0.1, 0.15) is 11.8 Å². The van der Waals surface area contributed by atoms with Gasteiger partial charge in [-0.3, -0.25) is 9.10 Å². The number of halogens is 1. The molecule has 1 aliphatic rings. The maximum Gasteiger partial charge on any atom is 0.246 e. The number of hydrogen-bond donors (Lipinski definition) is 0. The number of benzene rings is 2. The first-order chi connectivity index (χ1) is 14.7. The van der Waals surface area contributed by atoms with E-state index in [1.54, 1.807) is 36.1 Å². The molecule has 1 aliphatic heterocycles. The average Bonchev–Trinajstić information content (AvgIpc) is 2.74. The van der Waals surface area contributed by atoms with Crippen molar-refractivity contribution in [3.8, 4) is 5.75 Å². The second-order valence-electron chi connectivity index (χ2n) is 7.45. The smallest absolute Gasteiger partial charge is 0.246 e. The Morgan fingerprint density at radius 2 is 1.77 bits per heavy atom. The van der Waals surface area contributed by atoms with Gasteiger partial charge in [-0.05, 0) is 56.3 Å². The summed E-state index contributed by atoms with van der Waals surface area (Å²) >= 11 is 6.09. The molecule has 2 aromatic rings. The van der Waals surface area contributed by atoms with Crippen LogP contribution in [0, 0.1) is 0 Å². The Morgan fingerprint density at radius 1 is 1.13 bits per heavy atom. The van der Waals surface area contributed by atoms with Crippen molar-refractivity contribution < 1.29 is 17.9 Å². The molecule has 0 radical (unpaired) electrons. The van der Waals surface area contributed by atoms with Crippen LogP contribution in [0.1, 0.15) is 13.8 Å². The van der Waals surface area contributed by atoms with Crippen LogP contribution >= 0.6 is 11.6 Å². The minimum atomic E-state index is -3.66. The number of nitrogens with zero attached hydrogens (tertiary/aromatic N) is 3. The molecule has 1 fully saturated rings. The van der Waals surface area contributed by atoms with E-state index in [1.807, 2.05) is 31.2 Å². The molecule has 3 rings (SSSR count). The number of anilines is 2. The molecule has 0 aliphatic carbocycles. The molecule has 1 atom stereocenters. The Kier molecular flexibility index (Phi) is 7.33. The standard InChI is InChI=1S/C22H28ClN3O4S/c1-4-30-21-10-8-19(9-11-21)26(31(3,28)29)17(2)22(27)25-14-12-24(13-15-25)20-7-5-6-18(23)16-20/h5-11,16-17H,4,12-15H2,1-3H3/t17-/m0/s1. The van der Waals surface area contributed by atoms with E-state index >= 15 is 0 Å². The van der Waals surface area contributed by atoms with Crippen molar-refractivity contribution >= 4 is 38.9 Å². The molecule has 168 valence electrons. The Morgan fingerprint density at radius 3 is 2.32 bits per heavy atom. The summed E-state index contributed by atoms with van der Waals surface area (Å²) in [6.45, 7) is 6.35. The molecule has 31 heavy (non-hydrogen) atoms. The SMILES string of the molecule is CCOc1ccc(N([C@@H](C)C(=O)N2CCN(c3cccc(Cl)c3)CC2)S(C)(=O)=O)cc1. The summed E-state index contributed by atoms with van der Waals surface area (Å²) in [7, 11) is -3.66. The maximum atomic E-state index is 13.2. The first-order valence-corrected chi connectivity index (χ1v) is 12.4. The summed E-state index contributed by atoms with van der Waals surface area (Å²) in [5.74, 6) is 0.431. The van der Waals surface area contributed by atoms with Crippen LogP contribution in [0.5, 0.6) is 5.75 Å². The van der Waals surface area contributed by atoms with E-state index in [0.717, 1.165) is 11.9 Å². The zero-order valence-electron chi connectivity index (χ0n) is 18.0. The van der Waals surface area contributed by atoms with Gasteiger partial charge in [0.05, 0.1) is 18.6 Å². The fourth-order valence-corrected chi connectivity index (χ4v) is 5.13. The number of ether oxygens (including phenoxy) is 1. The highest BCUT2D eigenvalue weighted by Gasteiger charge is 2.33. The molecule has 9 heteroatoms. The topological polar surface area (TPSA) is 70.2 Å². The predicted molar refractivity (Wildman–Crippen MR) is 125 cm³/mol. The predicted octanol–water partition coefficient (Wildman–Crippen LogP) is 3.24. The van der Waals surface area contributed by atoms with Crippen LogP contribution in [0.4, 0.5) is 11.4 Å². The molecule has 1 amide bonds. The molecule has 0 saturated carbocycles. The third-order valence-electron chi connectivity index (χ3n) is 5.23. The largest absolute Gasteiger partial charge is 0.494 e. The maximum absolute atomic E-state index is 13.2. The van der Waals surface area contributed by atoms with E-state index in [2.05, 4.69) is 4.90 Å². The van der Waals surface area contributed by atoms with Crippen molar-refractivity contribution in [2.75, 3.05) is 48.2 Å². The monoisotopic (exact) mass is 465 g/mol. The van der Waals surface area contributed by atoms with Crippen molar-refractivity contribution in [3.05, 3.63) is 53.6 Å². The molecule has 7 nitrogen and oxygen atoms in total. The summed E-state index contributed by atoms with van der Waals surface area (Å²) in [6.07, 6.45) is 1.12. The highest BCUT2D eigenvalue weighted by atomic mass is 35.5. The van der Waals surface area contributed by atoms with E-state index in [4.69, 9.17) is 16.3 Å². The number of carbonyl (C=O) groups excluding carboxylic acids is 1. The Balaban J connectivity index is 1.72. The van der Waals surface area contributed by atoms with Gasteiger partial charge >= 0.3 is 0 Å². The first kappa shape index (κ1) is 23.2. The van der Waals surface area contributed by atoms with E-state index in [-0.39, 0.29) is 5.91 Å². The molecule has 0 bridgehead atoms. The number of hydrogen-bond acceptors (Lipinski definition) is 5. The summed E-state index contributed by atoms with van der Waals surface area (Å²) in [5, 5.41) is 0.670. The van der Waals surface area contributed by atoms with Gasteiger partial charge in [-0.15, -0.1) is 0 Å². The van der Waals surface area contributed by atoms with Gasteiger partial charge in [-0.1, -0.05) is 17.7 Å². The molecule has 0 aromatic heterocycles. The van der Waals surface area contributed by atoms with Crippen LogP contribution in [0.2, 0.25) is 5.02 Å². The van der Waals surface area contributed by atoms with Crippen molar-refractivity contribution in [2.45, 2.75) is 19.9 Å². The Bertz CT molecular complexity index is 1010. The van der Waals surface area contributed by atoms with Crippen LogP contribution in [0.3, 0.4) is 0 Å². The van der Waals surface area contributed by atoms with Crippen molar-refractivity contribution in [1.82, 2.24) is 4.90 Å². The third kappa shape index (κ3) is 5.62. The number of sulfonamides is 1. The van der Waals surface area contributed by atoms with Gasteiger partial charge in [0.25, 0.3) is 0 Å². The van der Waals surface area contributed by atoms with E-state index < -0.39 is 16.1 Å². The van der Waals surface area contributed by atoms with Crippen molar-refractivity contribution in [1.29, 1.82) is 0 Å².